The molecule has 2 N–H and O–H groups in total. The van der Waals surface area contributed by atoms with E-state index in [1.165, 1.54) is 12.1 Å². The smallest absolute Gasteiger partial charge is 0.340 e. The lowest BCUT2D eigenvalue weighted by Crippen LogP contribution is -2.28. The van der Waals surface area contributed by atoms with E-state index in [1.807, 2.05) is 0 Å². The maximum Gasteiger partial charge on any atom is 0.340 e. The average molecular weight is 292 g/mol. The van der Waals surface area contributed by atoms with Crippen LogP contribution in [0.15, 0.2) is 12.1 Å². The molecular formula is C15H20N2O4. The zero-order chi connectivity index (χ0) is 15.6. The van der Waals surface area contributed by atoms with Crippen LogP contribution < -0.4 is 5.73 Å². The lowest BCUT2D eigenvalue weighted by Gasteiger charge is -2.28. The van der Waals surface area contributed by atoms with Gasteiger partial charge in [0.25, 0.3) is 5.69 Å². The molecule has 2 atom stereocenters. The molecule has 21 heavy (non-hydrogen) atoms. The first-order chi connectivity index (χ1) is 9.90. The first-order valence-corrected chi connectivity index (χ1v) is 7.15. The van der Waals surface area contributed by atoms with Crippen molar-refractivity contribution in [2.75, 3.05) is 5.73 Å². The number of hydrogen-bond donors (Lipinski definition) is 1. The lowest BCUT2D eigenvalue weighted by molar-refractivity contribution is -0.384. The van der Waals surface area contributed by atoms with E-state index in [0.717, 1.165) is 25.7 Å². The average Bonchev–Trinajstić information content (AvgIpc) is 2.43. The SMILES string of the molecule is Cc1cc(C(=O)OC2CCCCC2C)c(N)c([N+](=O)[O-])c1. The highest BCUT2D eigenvalue weighted by atomic mass is 16.6. The molecule has 1 fully saturated rings. The Bertz CT molecular complexity index is 571. The Morgan fingerprint density at radius 1 is 1.38 bits per heavy atom. The molecule has 6 nitrogen and oxygen atoms in total. The monoisotopic (exact) mass is 292 g/mol. The molecule has 0 amide bonds. The van der Waals surface area contributed by atoms with E-state index in [4.69, 9.17) is 10.5 Å². The Hall–Kier alpha value is -2.11. The van der Waals surface area contributed by atoms with Crippen molar-refractivity contribution >= 4 is 17.3 Å². The van der Waals surface area contributed by atoms with Crippen molar-refractivity contribution in [1.82, 2.24) is 0 Å². The van der Waals surface area contributed by atoms with E-state index in [-0.39, 0.29) is 23.0 Å². The van der Waals surface area contributed by atoms with Gasteiger partial charge in [-0.1, -0.05) is 13.3 Å². The second kappa shape index (κ2) is 6.11. The molecule has 6 heteroatoms. The van der Waals surface area contributed by atoms with Crippen molar-refractivity contribution in [3.63, 3.8) is 0 Å². The fourth-order valence-electron chi connectivity index (χ4n) is 2.76. The molecule has 1 aliphatic carbocycles. The van der Waals surface area contributed by atoms with E-state index < -0.39 is 10.9 Å². The number of carbonyl (C=O) groups excluding carboxylic acids is 1. The number of benzene rings is 1. The Balaban J connectivity index is 2.24. The largest absolute Gasteiger partial charge is 0.458 e. The van der Waals surface area contributed by atoms with Gasteiger partial charge in [-0.3, -0.25) is 10.1 Å². The number of hydrogen-bond acceptors (Lipinski definition) is 5. The van der Waals surface area contributed by atoms with Gasteiger partial charge in [0.05, 0.1) is 10.5 Å². The second-order valence-corrected chi connectivity index (χ2v) is 5.71. The number of nitro benzene ring substituents is 1. The van der Waals surface area contributed by atoms with Crippen LogP contribution in [0.3, 0.4) is 0 Å². The summed E-state index contributed by atoms with van der Waals surface area (Å²) in [4.78, 5) is 22.7. The summed E-state index contributed by atoms with van der Waals surface area (Å²) in [6.07, 6.45) is 3.91. The van der Waals surface area contributed by atoms with Crippen molar-refractivity contribution in [3.8, 4) is 0 Å². The van der Waals surface area contributed by atoms with Crippen LogP contribution >= 0.6 is 0 Å². The van der Waals surface area contributed by atoms with Gasteiger partial charge in [0.2, 0.25) is 0 Å². The summed E-state index contributed by atoms with van der Waals surface area (Å²) in [5, 5.41) is 11.0. The third-order valence-electron chi connectivity index (χ3n) is 4.01. The van der Waals surface area contributed by atoms with Gasteiger partial charge in [-0.15, -0.1) is 0 Å². The van der Waals surface area contributed by atoms with Gasteiger partial charge in [-0.05, 0) is 43.7 Å². The molecule has 2 unspecified atom stereocenters. The first-order valence-electron chi connectivity index (χ1n) is 7.15. The number of esters is 1. The number of nitro groups is 1. The predicted octanol–water partition coefficient (Wildman–Crippen LogP) is 3.22. The van der Waals surface area contributed by atoms with E-state index in [9.17, 15) is 14.9 Å². The van der Waals surface area contributed by atoms with Crippen LogP contribution in [-0.2, 0) is 4.74 Å². The minimum Gasteiger partial charge on any atom is -0.458 e. The summed E-state index contributed by atoms with van der Waals surface area (Å²) in [6.45, 7) is 3.74. The Kier molecular flexibility index (Phi) is 4.45. The number of carbonyl (C=O) groups is 1. The summed E-state index contributed by atoms with van der Waals surface area (Å²) in [5.41, 5.74) is 6.07. The zero-order valence-corrected chi connectivity index (χ0v) is 12.3. The maximum absolute atomic E-state index is 12.3. The predicted molar refractivity (Wildman–Crippen MR) is 79.1 cm³/mol. The standard InChI is InChI=1S/C15H20N2O4/c1-9-7-11(14(16)12(8-9)17(19)20)15(18)21-13-6-4-3-5-10(13)2/h7-8,10,13H,3-6,16H2,1-2H3. The maximum atomic E-state index is 12.3. The first kappa shape index (κ1) is 15.3. The third-order valence-corrected chi connectivity index (χ3v) is 4.01. The molecule has 0 heterocycles. The topological polar surface area (TPSA) is 95.5 Å². The summed E-state index contributed by atoms with van der Waals surface area (Å²) in [5.74, 6) is -0.262. The van der Waals surface area contributed by atoms with E-state index >= 15 is 0 Å². The molecule has 0 saturated heterocycles. The lowest BCUT2D eigenvalue weighted by atomic mass is 9.88. The molecule has 2 rings (SSSR count). The molecule has 0 bridgehead atoms. The third kappa shape index (κ3) is 3.32. The molecule has 1 aromatic rings. The fourth-order valence-corrected chi connectivity index (χ4v) is 2.76. The van der Waals surface area contributed by atoms with E-state index in [0.29, 0.717) is 11.5 Å². The van der Waals surface area contributed by atoms with Crippen molar-refractivity contribution in [3.05, 3.63) is 33.4 Å². The number of ether oxygens (including phenoxy) is 1. The summed E-state index contributed by atoms with van der Waals surface area (Å²) in [6, 6.07) is 2.90. The second-order valence-electron chi connectivity index (χ2n) is 5.71. The summed E-state index contributed by atoms with van der Waals surface area (Å²) in [7, 11) is 0. The summed E-state index contributed by atoms with van der Waals surface area (Å²) >= 11 is 0. The minimum absolute atomic E-state index is 0.0828. The van der Waals surface area contributed by atoms with Crippen LogP contribution in [0, 0.1) is 23.0 Å². The molecule has 1 aromatic carbocycles. The van der Waals surface area contributed by atoms with Crippen molar-refractivity contribution in [2.24, 2.45) is 5.92 Å². The highest BCUT2D eigenvalue weighted by molar-refractivity contribution is 5.97. The Labute approximate surface area is 123 Å². The van der Waals surface area contributed by atoms with Crippen LogP contribution in [0.2, 0.25) is 0 Å². The highest BCUT2D eigenvalue weighted by Crippen LogP contribution is 2.30. The molecule has 0 aromatic heterocycles. The summed E-state index contributed by atoms with van der Waals surface area (Å²) < 4.78 is 5.52. The minimum atomic E-state index is -0.581. The highest BCUT2D eigenvalue weighted by Gasteiger charge is 2.28. The van der Waals surface area contributed by atoms with Gasteiger partial charge in [0.15, 0.2) is 0 Å². The Morgan fingerprint density at radius 2 is 2.05 bits per heavy atom. The number of aryl methyl sites for hydroxylation is 1. The van der Waals surface area contributed by atoms with Crippen LogP contribution in [0.5, 0.6) is 0 Å². The van der Waals surface area contributed by atoms with Gasteiger partial charge in [-0.25, -0.2) is 4.79 Å². The molecule has 0 spiro atoms. The van der Waals surface area contributed by atoms with Gasteiger partial charge in [0.1, 0.15) is 11.8 Å². The zero-order valence-electron chi connectivity index (χ0n) is 12.3. The number of nitrogen functional groups attached to an aromatic ring is 1. The van der Waals surface area contributed by atoms with Gasteiger partial charge >= 0.3 is 5.97 Å². The number of nitrogens with zero attached hydrogens (tertiary/aromatic N) is 1. The number of nitrogens with two attached hydrogens (primary N) is 1. The van der Waals surface area contributed by atoms with Crippen molar-refractivity contribution in [1.29, 1.82) is 0 Å². The Morgan fingerprint density at radius 3 is 2.67 bits per heavy atom. The quantitative estimate of drug-likeness (QED) is 0.399. The van der Waals surface area contributed by atoms with Crippen molar-refractivity contribution < 1.29 is 14.5 Å². The van der Waals surface area contributed by atoms with Gasteiger partial charge in [0, 0.05) is 6.07 Å². The van der Waals surface area contributed by atoms with E-state index in [2.05, 4.69) is 6.92 Å². The van der Waals surface area contributed by atoms with Crippen LogP contribution in [0.1, 0.15) is 48.5 Å². The molecular weight excluding hydrogens is 272 g/mol. The molecule has 114 valence electrons. The van der Waals surface area contributed by atoms with Crippen molar-refractivity contribution in [2.45, 2.75) is 45.6 Å². The fraction of sp³-hybridized carbons (Fsp3) is 0.533. The van der Waals surface area contributed by atoms with Crippen LogP contribution in [0.4, 0.5) is 11.4 Å². The van der Waals surface area contributed by atoms with Gasteiger partial charge in [-0.2, -0.15) is 0 Å². The number of anilines is 1. The molecule has 1 aliphatic rings. The number of rotatable bonds is 3. The molecule has 0 radical (unpaired) electrons. The van der Waals surface area contributed by atoms with Crippen LogP contribution in [0.25, 0.3) is 0 Å². The molecule has 0 aliphatic heterocycles. The van der Waals surface area contributed by atoms with E-state index in [1.54, 1.807) is 6.92 Å². The van der Waals surface area contributed by atoms with Crippen LogP contribution in [-0.4, -0.2) is 17.0 Å². The molecule has 1 saturated carbocycles. The normalized spacial score (nSPS) is 21.8. The van der Waals surface area contributed by atoms with Gasteiger partial charge < -0.3 is 10.5 Å².